The normalized spacial score (nSPS) is 10.7. The first-order valence-electron chi connectivity index (χ1n) is 6.99. The quantitative estimate of drug-likeness (QED) is 0.810. The molecule has 2 amide bonds. The third kappa shape index (κ3) is 7.42. The summed E-state index contributed by atoms with van der Waals surface area (Å²) < 4.78 is 4.93. The van der Waals surface area contributed by atoms with Gasteiger partial charge in [0.1, 0.15) is 0 Å². The maximum Gasteiger partial charge on any atom is 0.310 e. The van der Waals surface area contributed by atoms with Gasteiger partial charge in [-0.15, -0.1) is 0 Å². The summed E-state index contributed by atoms with van der Waals surface area (Å²) in [6.45, 7) is 6.68. The van der Waals surface area contributed by atoms with Crippen LogP contribution in [0.3, 0.4) is 0 Å². The average Bonchev–Trinajstić information content (AvgIpc) is 2.36. The fourth-order valence-corrected chi connectivity index (χ4v) is 1.73. The molecule has 0 radical (unpaired) electrons. The summed E-state index contributed by atoms with van der Waals surface area (Å²) in [6, 6.07) is 6.86. The van der Waals surface area contributed by atoms with Gasteiger partial charge in [0.05, 0.1) is 6.42 Å². The van der Waals surface area contributed by atoms with Crippen LogP contribution in [-0.2, 0) is 25.5 Å². The van der Waals surface area contributed by atoms with E-state index in [-0.39, 0.29) is 30.4 Å². The van der Waals surface area contributed by atoms with Gasteiger partial charge in [-0.05, 0) is 38.5 Å². The molecule has 1 rings (SSSR count). The second kappa shape index (κ2) is 7.59. The van der Waals surface area contributed by atoms with Crippen molar-refractivity contribution in [2.24, 2.45) is 0 Å². The SMILES string of the molecule is CC(=O)Nc1ccc(CC(=O)OCC(=O)NC(C)(C)C)cc1. The van der Waals surface area contributed by atoms with Crippen molar-refractivity contribution in [3.05, 3.63) is 29.8 Å². The molecule has 0 saturated heterocycles. The summed E-state index contributed by atoms with van der Waals surface area (Å²) in [5.41, 5.74) is 1.05. The van der Waals surface area contributed by atoms with Crippen LogP contribution in [0.2, 0.25) is 0 Å². The molecule has 0 aromatic heterocycles. The fraction of sp³-hybridized carbons (Fsp3) is 0.438. The Morgan fingerprint density at radius 3 is 2.18 bits per heavy atom. The lowest BCUT2D eigenvalue weighted by Crippen LogP contribution is -2.42. The number of anilines is 1. The minimum absolute atomic E-state index is 0.0726. The van der Waals surface area contributed by atoms with Gasteiger partial charge in [-0.1, -0.05) is 12.1 Å². The van der Waals surface area contributed by atoms with Crippen molar-refractivity contribution in [1.82, 2.24) is 5.32 Å². The molecule has 6 heteroatoms. The number of hydrogen-bond acceptors (Lipinski definition) is 4. The molecule has 120 valence electrons. The molecular formula is C16H22N2O4. The van der Waals surface area contributed by atoms with Gasteiger partial charge in [0, 0.05) is 18.2 Å². The number of amides is 2. The van der Waals surface area contributed by atoms with E-state index in [9.17, 15) is 14.4 Å². The summed E-state index contributed by atoms with van der Waals surface area (Å²) >= 11 is 0. The molecule has 6 nitrogen and oxygen atoms in total. The molecule has 0 saturated carbocycles. The molecule has 22 heavy (non-hydrogen) atoms. The predicted molar refractivity (Wildman–Crippen MR) is 83.3 cm³/mol. The van der Waals surface area contributed by atoms with Crippen molar-refractivity contribution in [3.63, 3.8) is 0 Å². The Morgan fingerprint density at radius 2 is 1.68 bits per heavy atom. The number of esters is 1. The number of carbonyl (C=O) groups excluding carboxylic acids is 3. The van der Waals surface area contributed by atoms with Crippen LogP contribution in [0.4, 0.5) is 5.69 Å². The molecule has 1 aromatic carbocycles. The molecule has 0 unspecified atom stereocenters. The van der Waals surface area contributed by atoms with E-state index in [1.54, 1.807) is 24.3 Å². The molecule has 2 N–H and O–H groups in total. The van der Waals surface area contributed by atoms with Crippen molar-refractivity contribution >= 4 is 23.5 Å². The van der Waals surface area contributed by atoms with Crippen LogP contribution < -0.4 is 10.6 Å². The minimum Gasteiger partial charge on any atom is -0.455 e. The summed E-state index contributed by atoms with van der Waals surface area (Å²) in [6.07, 6.45) is 0.0726. The van der Waals surface area contributed by atoms with Crippen LogP contribution in [0.5, 0.6) is 0 Å². The second-order valence-electron chi connectivity index (χ2n) is 6.01. The highest BCUT2D eigenvalue weighted by molar-refractivity contribution is 5.88. The van der Waals surface area contributed by atoms with Gasteiger partial charge in [0.2, 0.25) is 5.91 Å². The maximum atomic E-state index is 11.7. The number of hydrogen-bond donors (Lipinski definition) is 2. The fourth-order valence-electron chi connectivity index (χ4n) is 1.73. The standard InChI is InChI=1S/C16H22N2O4/c1-11(19)17-13-7-5-12(6-8-13)9-15(21)22-10-14(20)18-16(2,3)4/h5-8H,9-10H2,1-4H3,(H,17,19)(H,18,20). The Balaban J connectivity index is 2.42. The largest absolute Gasteiger partial charge is 0.455 e. The molecule has 1 aromatic rings. The second-order valence-corrected chi connectivity index (χ2v) is 6.01. The average molecular weight is 306 g/mol. The summed E-state index contributed by atoms with van der Waals surface area (Å²) in [4.78, 5) is 34.1. The number of ether oxygens (including phenoxy) is 1. The molecule has 0 aliphatic carbocycles. The van der Waals surface area contributed by atoms with Crippen molar-refractivity contribution < 1.29 is 19.1 Å². The Labute approximate surface area is 130 Å². The van der Waals surface area contributed by atoms with Gasteiger partial charge in [0.15, 0.2) is 6.61 Å². The summed E-state index contributed by atoms with van der Waals surface area (Å²) in [7, 11) is 0. The van der Waals surface area contributed by atoms with Crippen molar-refractivity contribution in [2.75, 3.05) is 11.9 Å². The topological polar surface area (TPSA) is 84.5 Å². The minimum atomic E-state index is -0.476. The van der Waals surface area contributed by atoms with E-state index >= 15 is 0 Å². The Bertz CT molecular complexity index is 544. The predicted octanol–water partition coefficient (Wildman–Crippen LogP) is 1.65. The van der Waals surface area contributed by atoms with E-state index in [2.05, 4.69) is 10.6 Å². The van der Waals surface area contributed by atoms with Crippen molar-refractivity contribution in [1.29, 1.82) is 0 Å². The monoisotopic (exact) mass is 306 g/mol. The molecule has 0 heterocycles. The zero-order chi connectivity index (χ0) is 16.8. The Hall–Kier alpha value is -2.37. The first kappa shape index (κ1) is 17.7. The van der Waals surface area contributed by atoms with Crippen molar-refractivity contribution in [2.45, 2.75) is 39.7 Å². The number of carbonyl (C=O) groups is 3. The van der Waals surface area contributed by atoms with Gasteiger partial charge in [-0.25, -0.2) is 0 Å². The van der Waals surface area contributed by atoms with Gasteiger partial charge in [-0.2, -0.15) is 0 Å². The van der Waals surface area contributed by atoms with E-state index < -0.39 is 5.97 Å². The van der Waals surface area contributed by atoms with E-state index in [1.165, 1.54) is 6.92 Å². The van der Waals surface area contributed by atoms with Gasteiger partial charge >= 0.3 is 5.97 Å². The molecule has 0 atom stereocenters. The van der Waals surface area contributed by atoms with E-state index in [4.69, 9.17) is 4.74 Å². The lowest BCUT2D eigenvalue weighted by Gasteiger charge is -2.20. The first-order chi connectivity index (χ1) is 10.2. The number of rotatable bonds is 5. The van der Waals surface area contributed by atoms with Gasteiger partial charge < -0.3 is 15.4 Å². The first-order valence-corrected chi connectivity index (χ1v) is 6.99. The Morgan fingerprint density at radius 1 is 1.09 bits per heavy atom. The zero-order valence-corrected chi connectivity index (χ0v) is 13.4. The molecular weight excluding hydrogens is 284 g/mol. The lowest BCUT2D eigenvalue weighted by atomic mass is 10.1. The highest BCUT2D eigenvalue weighted by Gasteiger charge is 2.15. The van der Waals surface area contributed by atoms with Crippen LogP contribution in [0.1, 0.15) is 33.3 Å². The van der Waals surface area contributed by atoms with Crippen molar-refractivity contribution in [3.8, 4) is 0 Å². The van der Waals surface area contributed by atoms with Gasteiger partial charge in [0.25, 0.3) is 5.91 Å². The third-order valence-corrected chi connectivity index (χ3v) is 2.50. The Kier molecular flexibility index (Phi) is 6.10. The number of benzene rings is 1. The van der Waals surface area contributed by atoms with Crippen LogP contribution in [0.15, 0.2) is 24.3 Å². The van der Waals surface area contributed by atoms with Crippen LogP contribution >= 0.6 is 0 Å². The maximum absolute atomic E-state index is 11.7. The smallest absolute Gasteiger partial charge is 0.310 e. The molecule has 0 bridgehead atoms. The highest BCUT2D eigenvalue weighted by Crippen LogP contribution is 2.10. The zero-order valence-electron chi connectivity index (χ0n) is 13.4. The summed E-state index contributed by atoms with van der Waals surface area (Å²) in [5.74, 6) is -0.963. The highest BCUT2D eigenvalue weighted by atomic mass is 16.5. The van der Waals surface area contributed by atoms with Crippen LogP contribution in [0.25, 0.3) is 0 Å². The molecule has 0 spiro atoms. The molecule has 0 fully saturated rings. The van der Waals surface area contributed by atoms with Crippen LogP contribution in [0, 0.1) is 0 Å². The number of nitrogens with one attached hydrogen (secondary N) is 2. The van der Waals surface area contributed by atoms with Gasteiger partial charge in [-0.3, -0.25) is 14.4 Å². The lowest BCUT2D eigenvalue weighted by molar-refractivity contribution is -0.148. The van der Waals surface area contributed by atoms with E-state index in [0.29, 0.717) is 5.69 Å². The van der Waals surface area contributed by atoms with E-state index in [0.717, 1.165) is 5.56 Å². The molecule has 0 aliphatic heterocycles. The van der Waals surface area contributed by atoms with E-state index in [1.807, 2.05) is 20.8 Å². The summed E-state index contributed by atoms with van der Waals surface area (Å²) in [5, 5.41) is 5.35. The van der Waals surface area contributed by atoms with Crippen LogP contribution in [-0.4, -0.2) is 29.9 Å². The molecule has 0 aliphatic rings. The third-order valence-electron chi connectivity index (χ3n) is 2.50.